The van der Waals surface area contributed by atoms with Gasteiger partial charge in [-0.05, 0) is 37.3 Å². The molecule has 2 N–H and O–H groups in total. The van der Waals surface area contributed by atoms with Crippen molar-refractivity contribution in [2.24, 2.45) is 13.0 Å². The van der Waals surface area contributed by atoms with E-state index in [1.165, 1.54) is 7.05 Å². The van der Waals surface area contributed by atoms with Crippen molar-refractivity contribution in [3.05, 3.63) is 46.6 Å². The number of urea groups is 1. The van der Waals surface area contributed by atoms with Crippen LogP contribution in [0.15, 0.2) is 35.5 Å². The molecule has 0 bridgehead atoms. The predicted molar refractivity (Wildman–Crippen MR) is 124 cm³/mol. The summed E-state index contributed by atoms with van der Waals surface area (Å²) in [6.07, 6.45) is 1.75. The summed E-state index contributed by atoms with van der Waals surface area (Å²) in [4.78, 5) is 41.6. The number of aromatic nitrogens is 4. The van der Waals surface area contributed by atoms with E-state index in [-0.39, 0.29) is 11.6 Å². The number of H-pyrrole nitrogens is 1. The lowest BCUT2D eigenvalue weighted by Crippen LogP contribution is -2.55. The monoisotopic (exact) mass is 489 g/mol. The first kappa shape index (κ1) is 23.2. The minimum atomic E-state index is -4.63. The first-order valence-corrected chi connectivity index (χ1v) is 11.5. The molecule has 2 fully saturated rings. The van der Waals surface area contributed by atoms with Crippen LogP contribution in [0, 0.1) is 5.92 Å². The molecule has 3 aromatic heterocycles. The number of rotatable bonds is 2. The average molecular weight is 490 g/mol. The number of nitrogens with one attached hydrogen (secondary N) is 2. The first-order chi connectivity index (χ1) is 16.6. The number of hydrogen-bond acceptors (Lipinski definition) is 5. The molecular formula is C23H26F3N7O2. The fraction of sp³-hybridized carbons (Fsp3) is 0.478. The minimum Gasteiger partial charge on any atom is -0.355 e. The van der Waals surface area contributed by atoms with Gasteiger partial charge < -0.3 is 24.7 Å². The highest BCUT2D eigenvalue weighted by Gasteiger charge is 2.48. The van der Waals surface area contributed by atoms with Crippen LogP contribution in [0.2, 0.25) is 0 Å². The summed E-state index contributed by atoms with van der Waals surface area (Å²) in [5.74, 6) is 0.995. The van der Waals surface area contributed by atoms with Crippen molar-refractivity contribution < 1.29 is 18.0 Å². The number of carbonyl (C=O) groups is 1. The number of anilines is 2. The van der Waals surface area contributed by atoms with Crippen molar-refractivity contribution in [2.75, 3.05) is 29.9 Å². The Labute approximate surface area is 199 Å². The van der Waals surface area contributed by atoms with E-state index in [4.69, 9.17) is 0 Å². The molecular weight excluding hydrogens is 463 g/mol. The molecule has 0 radical (unpaired) electrons. The topological polar surface area (TPSA) is 99.1 Å². The van der Waals surface area contributed by atoms with Gasteiger partial charge in [0.25, 0.3) is 5.56 Å². The second-order valence-electron chi connectivity index (χ2n) is 9.56. The molecule has 5 heterocycles. The van der Waals surface area contributed by atoms with Crippen molar-refractivity contribution >= 4 is 28.7 Å². The van der Waals surface area contributed by atoms with Crippen molar-refractivity contribution in [1.29, 1.82) is 0 Å². The third-order valence-corrected chi connectivity index (χ3v) is 7.06. The number of nitrogens with zero attached hydrogens (tertiary/aromatic N) is 5. The highest BCUT2D eigenvalue weighted by Crippen LogP contribution is 2.42. The molecule has 2 aliphatic rings. The summed E-state index contributed by atoms with van der Waals surface area (Å²) in [7, 11) is 1.23. The van der Waals surface area contributed by atoms with E-state index in [1.54, 1.807) is 17.3 Å². The molecule has 0 saturated carbocycles. The number of alkyl halides is 3. The van der Waals surface area contributed by atoms with Gasteiger partial charge in [-0.1, -0.05) is 6.92 Å². The maximum atomic E-state index is 13.3. The maximum absolute atomic E-state index is 13.3. The van der Waals surface area contributed by atoms with Gasteiger partial charge in [-0.15, -0.1) is 0 Å². The highest BCUT2D eigenvalue weighted by molar-refractivity contribution is 5.90. The lowest BCUT2D eigenvalue weighted by molar-refractivity contribution is -0.138. The van der Waals surface area contributed by atoms with Gasteiger partial charge in [0.05, 0.1) is 11.8 Å². The summed E-state index contributed by atoms with van der Waals surface area (Å²) in [5.41, 5.74) is -1.00. The predicted octanol–water partition coefficient (Wildman–Crippen LogP) is 3.59. The maximum Gasteiger partial charge on any atom is 0.417 e. The summed E-state index contributed by atoms with van der Waals surface area (Å²) < 4.78 is 40.6. The standard InChI is InChI=1S/C23H26F3N7O2/c1-14-10-22(4-7-32(8-5-22)18-11-28-19-16(29-18)3-6-27-19)33(12-14)21(35)30-17-9-15(23(24,25)26)13-31(2)20(17)34/h3,6,9,11,13-14H,4-5,7-8,10,12H2,1-2H3,(H,27,28)(H,30,35)/t14-/m0/s1. The zero-order chi connectivity index (χ0) is 25.0. The van der Waals surface area contributed by atoms with Gasteiger partial charge in [0.15, 0.2) is 5.65 Å². The van der Waals surface area contributed by atoms with E-state index in [2.05, 4.69) is 32.1 Å². The molecule has 3 aromatic rings. The van der Waals surface area contributed by atoms with E-state index in [0.717, 1.165) is 34.2 Å². The molecule has 35 heavy (non-hydrogen) atoms. The van der Waals surface area contributed by atoms with E-state index in [1.807, 2.05) is 6.07 Å². The van der Waals surface area contributed by atoms with Crippen molar-refractivity contribution in [3.8, 4) is 0 Å². The third-order valence-electron chi connectivity index (χ3n) is 7.06. The molecule has 2 aliphatic heterocycles. The molecule has 0 aliphatic carbocycles. The molecule has 9 nitrogen and oxygen atoms in total. The van der Waals surface area contributed by atoms with Crippen LogP contribution in [0.4, 0.5) is 29.5 Å². The number of pyridine rings is 1. The Kier molecular flexibility index (Phi) is 5.48. The second kappa shape index (κ2) is 8.28. The Morgan fingerprint density at radius 2 is 2.03 bits per heavy atom. The van der Waals surface area contributed by atoms with E-state index >= 15 is 0 Å². The van der Waals surface area contributed by atoms with Crippen LogP contribution >= 0.6 is 0 Å². The molecule has 0 unspecified atom stereocenters. The van der Waals surface area contributed by atoms with Crippen LogP contribution in [0.25, 0.3) is 11.2 Å². The smallest absolute Gasteiger partial charge is 0.355 e. The van der Waals surface area contributed by atoms with Gasteiger partial charge in [-0.25, -0.2) is 14.8 Å². The Morgan fingerprint density at radius 3 is 2.74 bits per heavy atom. The molecule has 1 spiro atoms. The fourth-order valence-electron chi connectivity index (χ4n) is 5.37. The quantitative estimate of drug-likeness (QED) is 0.573. The number of fused-ring (bicyclic) bond motifs is 1. The fourth-order valence-corrected chi connectivity index (χ4v) is 5.37. The number of halogens is 3. The Balaban J connectivity index is 1.34. The highest BCUT2D eigenvalue weighted by atomic mass is 19.4. The Morgan fingerprint density at radius 1 is 1.29 bits per heavy atom. The van der Waals surface area contributed by atoms with Gasteiger partial charge in [-0.3, -0.25) is 4.79 Å². The molecule has 2 saturated heterocycles. The Bertz CT molecular complexity index is 1320. The largest absolute Gasteiger partial charge is 0.417 e. The van der Waals surface area contributed by atoms with Crippen molar-refractivity contribution in [1.82, 2.24) is 24.4 Å². The first-order valence-electron chi connectivity index (χ1n) is 11.5. The zero-order valence-electron chi connectivity index (χ0n) is 19.4. The van der Waals surface area contributed by atoms with E-state index < -0.39 is 28.9 Å². The summed E-state index contributed by atoms with van der Waals surface area (Å²) >= 11 is 0. The number of aromatic amines is 1. The minimum absolute atomic E-state index is 0.229. The lowest BCUT2D eigenvalue weighted by atomic mass is 9.83. The van der Waals surface area contributed by atoms with Crippen LogP contribution in [0.3, 0.4) is 0 Å². The molecule has 1 atom stereocenters. The van der Waals surface area contributed by atoms with Gasteiger partial charge >= 0.3 is 12.2 Å². The number of aryl methyl sites for hydroxylation is 1. The average Bonchev–Trinajstić information content (AvgIpc) is 3.40. The zero-order valence-corrected chi connectivity index (χ0v) is 19.4. The molecule has 5 rings (SSSR count). The Hall–Kier alpha value is -3.57. The number of piperidine rings is 1. The molecule has 12 heteroatoms. The normalized spacial score (nSPS) is 20.1. The number of likely N-dealkylation sites (tertiary alicyclic amines) is 1. The summed E-state index contributed by atoms with van der Waals surface area (Å²) in [6.45, 7) is 3.84. The second-order valence-corrected chi connectivity index (χ2v) is 9.56. The van der Waals surface area contributed by atoms with Gasteiger partial charge in [-0.2, -0.15) is 13.2 Å². The van der Waals surface area contributed by atoms with Crippen LogP contribution in [0.1, 0.15) is 31.7 Å². The van der Waals surface area contributed by atoms with Crippen molar-refractivity contribution in [2.45, 2.75) is 37.9 Å². The van der Waals surface area contributed by atoms with E-state index in [9.17, 15) is 22.8 Å². The molecule has 0 aromatic carbocycles. The lowest BCUT2D eigenvalue weighted by Gasteiger charge is -2.45. The van der Waals surface area contributed by atoms with Crippen LogP contribution in [-0.2, 0) is 13.2 Å². The van der Waals surface area contributed by atoms with E-state index in [0.29, 0.717) is 38.5 Å². The van der Waals surface area contributed by atoms with Crippen LogP contribution in [0.5, 0.6) is 0 Å². The van der Waals surface area contributed by atoms with Gasteiger partial charge in [0.2, 0.25) is 0 Å². The molecule has 186 valence electrons. The third kappa shape index (κ3) is 4.21. The number of amides is 2. The molecule has 2 amide bonds. The number of hydrogen-bond donors (Lipinski definition) is 2. The van der Waals surface area contributed by atoms with Crippen LogP contribution in [-0.4, -0.2) is 55.6 Å². The summed E-state index contributed by atoms with van der Waals surface area (Å²) in [6, 6.07) is 2.01. The van der Waals surface area contributed by atoms with Gasteiger partial charge in [0.1, 0.15) is 17.0 Å². The summed E-state index contributed by atoms with van der Waals surface area (Å²) in [5, 5.41) is 2.47. The van der Waals surface area contributed by atoms with Crippen LogP contribution < -0.4 is 15.8 Å². The SMILES string of the molecule is C[C@@H]1CN(C(=O)Nc2cc(C(F)(F)F)cn(C)c2=O)C2(CCN(c3cnc4[nH]ccc4n3)CC2)C1. The van der Waals surface area contributed by atoms with Crippen molar-refractivity contribution in [3.63, 3.8) is 0 Å². The number of carbonyl (C=O) groups excluding carboxylic acids is 1. The van der Waals surface area contributed by atoms with Gasteiger partial charge in [0, 0.05) is 44.6 Å².